The summed E-state index contributed by atoms with van der Waals surface area (Å²) in [4.78, 5) is 6.04. The molecular formula is C26H33NO2. The maximum Gasteiger partial charge on any atom is 0.234 e. The summed E-state index contributed by atoms with van der Waals surface area (Å²) in [6.45, 7) is 6.98. The van der Waals surface area contributed by atoms with E-state index in [1.807, 2.05) is 6.07 Å². The Hall–Kier alpha value is -2.13. The Morgan fingerprint density at radius 3 is 2.34 bits per heavy atom. The number of nitrogens with zero attached hydrogens (tertiary/aromatic N) is 1. The van der Waals surface area contributed by atoms with E-state index in [1.165, 1.54) is 18.4 Å². The van der Waals surface area contributed by atoms with Crippen LogP contribution in [0.2, 0.25) is 0 Å². The van der Waals surface area contributed by atoms with Gasteiger partial charge in [0.1, 0.15) is 0 Å². The van der Waals surface area contributed by atoms with E-state index in [2.05, 4.69) is 80.5 Å². The molecule has 2 aromatic rings. The van der Waals surface area contributed by atoms with Crippen LogP contribution in [0.4, 0.5) is 0 Å². The van der Waals surface area contributed by atoms with Gasteiger partial charge in [-0.05, 0) is 41.7 Å². The van der Waals surface area contributed by atoms with Gasteiger partial charge in [-0.2, -0.15) is 0 Å². The first-order chi connectivity index (χ1) is 14.1. The van der Waals surface area contributed by atoms with Crippen molar-refractivity contribution in [2.24, 2.45) is 22.9 Å². The van der Waals surface area contributed by atoms with E-state index in [0.717, 1.165) is 24.1 Å². The van der Waals surface area contributed by atoms with Crippen LogP contribution in [0.3, 0.4) is 0 Å². The molecule has 1 saturated carbocycles. The molecule has 1 aliphatic heterocycles. The summed E-state index contributed by atoms with van der Waals surface area (Å²) in [5.74, 6) is 2.06. The Labute approximate surface area is 175 Å². The van der Waals surface area contributed by atoms with Crippen LogP contribution >= 0.6 is 0 Å². The van der Waals surface area contributed by atoms with Gasteiger partial charge in [0.2, 0.25) is 6.29 Å². The number of hydrogen-bond donors (Lipinski definition) is 0. The smallest absolute Gasteiger partial charge is 0.234 e. The van der Waals surface area contributed by atoms with Gasteiger partial charge in [0.15, 0.2) is 0 Å². The van der Waals surface area contributed by atoms with Gasteiger partial charge in [-0.3, -0.25) is 0 Å². The number of benzene rings is 2. The normalized spacial score (nSPS) is 29.9. The fourth-order valence-corrected chi connectivity index (χ4v) is 4.87. The summed E-state index contributed by atoms with van der Waals surface area (Å²) in [7, 11) is 0. The topological polar surface area (TPSA) is 30.8 Å². The summed E-state index contributed by atoms with van der Waals surface area (Å²) in [6.07, 6.45) is 4.38. The van der Waals surface area contributed by atoms with Crippen LogP contribution < -0.4 is 0 Å². The Kier molecular flexibility index (Phi) is 6.34. The summed E-state index contributed by atoms with van der Waals surface area (Å²) in [5, 5.41) is 4.50. The van der Waals surface area contributed by atoms with Gasteiger partial charge in [-0.1, -0.05) is 93.0 Å². The molecule has 29 heavy (non-hydrogen) atoms. The zero-order chi connectivity index (χ0) is 20.2. The van der Waals surface area contributed by atoms with Crippen molar-refractivity contribution in [3.05, 3.63) is 71.8 Å². The molecule has 3 heteroatoms. The third-order valence-corrected chi connectivity index (χ3v) is 6.61. The van der Waals surface area contributed by atoms with Crippen molar-refractivity contribution in [3.8, 4) is 0 Å². The van der Waals surface area contributed by atoms with E-state index in [1.54, 1.807) is 0 Å². The number of ether oxygens (including phenoxy) is 1. The highest BCUT2D eigenvalue weighted by Gasteiger charge is 2.38. The maximum atomic E-state index is 6.70. The highest BCUT2D eigenvalue weighted by molar-refractivity contribution is 6.01. The van der Waals surface area contributed by atoms with Crippen LogP contribution in [0.1, 0.15) is 63.5 Å². The second-order valence-electron chi connectivity index (χ2n) is 9.10. The lowest BCUT2D eigenvalue weighted by atomic mass is 9.75. The molecule has 1 aliphatic carbocycles. The molecule has 0 bridgehead atoms. The van der Waals surface area contributed by atoms with Crippen molar-refractivity contribution < 1.29 is 9.57 Å². The monoisotopic (exact) mass is 391 g/mol. The van der Waals surface area contributed by atoms with Gasteiger partial charge in [-0.25, -0.2) is 0 Å². The molecule has 0 saturated heterocycles. The molecule has 0 unspecified atom stereocenters. The Morgan fingerprint density at radius 2 is 1.66 bits per heavy atom. The van der Waals surface area contributed by atoms with E-state index in [9.17, 15) is 0 Å². The predicted molar refractivity (Wildman–Crippen MR) is 118 cm³/mol. The SMILES string of the molecule is CC(C)[C@@H]1CC[C@@H](C)C[C@H]1O[C@H]1ON=C(c2ccccc2)C[C@@H]1c1ccccc1. The van der Waals surface area contributed by atoms with Gasteiger partial charge < -0.3 is 9.57 Å². The van der Waals surface area contributed by atoms with Crippen molar-refractivity contribution in [1.82, 2.24) is 0 Å². The molecule has 2 aliphatic rings. The van der Waals surface area contributed by atoms with Gasteiger partial charge in [-0.15, -0.1) is 0 Å². The van der Waals surface area contributed by atoms with E-state index in [4.69, 9.17) is 9.57 Å². The van der Waals surface area contributed by atoms with E-state index >= 15 is 0 Å². The minimum Gasteiger partial charge on any atom is -0.363 e. The van der Waals surface area contributed by atoms with Crippen molar-refractivity contribution in [1.29, 1.82) is 0 Å². The lowest BCUT2D eigenvalue weighted by molar-refractivity contribution is -0.210. The number of hydrogen-bond acceptors (Lipinski definition) is 3. The van der Waals surface area contributed by atoms with E-state index in [0.29, 0.717) is 17.8 Å². The van der Waals surface area contributed by atoms with Crippen LogP contribution in [0, 0.1) is 17.8 Å². The standard InChI is InChI=1S/C26H33NO2/c1-18(2)22-15-14-19(3)16-25(22)28-26-23(20-10-6-4-7-11-20)17-24(27-29-26)21-12-8-5-9-13-21/h4-13,18-19,22-23,25-26H,14-17H2,1-3H3/t19-,22+,23-,25-,26+/m1/s1. The molecule has 2 aromatic carbocycles. The van der Waals surface area contributed by atoms with Crippen molar-refractivity contribution in [3.63, 3.8) is 0 Å². The molecule has 3 nitrogen and oxygen atoms in total. The summed E-state index contributed by atoms with van der Waals surface area (Å²) in [6, 6.07) is 21.0. The van der Waals surface area contributed by atoms with Gasteiger partial charge in [0.25, 0.3) is 0 Å². The van der Waals surface area contributed by atoms with Gasteiger partial charge in [0, 0.05) is 6.42 Å². The molecule has 1 heterocycles. The fraction of sp³-hybridized carbons (Fsp3) is 0.500. The first kappa shape index (κ1) is 20.2. The Balaban J connectivity index is 1.59. The Morgan fingerprint density at radius 1 is 0.966 bits per heavy atom. The molecule has 0 aromatic heterocycles. The highest BCUT2D eigenvalue weighted by atomic mass is 16.8. The molecule has 1 fully saturated rings. The third kappa shape index (κ3) is 4.72. The van der Waals surface area contributed by atoms with Gasteiger partial charge >= 0.3 is 0 Å². The molecule has 0 N–H and O–H groups in total. The molecule has 0 spiro atoms. The zero-order valence-electron chi connectivity index (χ0n) is 17.8. The number of oxime groups is 1. The minimum atomic E-state index is -0.332. The lowest BCUT2D eigenvalue weighted by Gasteiger charge is -2.40. The number of rotatable bonds is 5. The average molecular weight is 392 g/mol. The summed E-state index contributed by atoms with van der Waals surface area (Å²) < 4.78 is 6.70. The van der Waals surface area contributed by atoms with Crippen molar-refractivity contribution in [2.75, 3.05) is 0 Å². The first-order valence-electron chi connectivity index (χ1n) is 11.1. The molecule has 154 valence electrons. The second-order valence-corrected chi connectivity index (χ2v) is 9.10. The third-order valence-electron chi connectivity index (χ3n) is 6.61. The highest BCUT2D eigenvalue weighted by Crippen LogP contribution is 2.39. The maximum absolute atomic E-state index is 6.70. The zero-order valence-corrected chi connectivity index (χ0v) is 17.8. The van der Waals surface area contributed by atoms with Gasteiger partial charge in [0.05, 0.1) is 17.7 Å². The molecular weight excluding hydrogens is 358 g/mol. The predicted octanol–water partition coefficient (Wildman–Crippen LogP) is 6.40. The van der Waals surface area contributed by atoms with Crippen molar-refractivity contribution in [2.45, 2.75) is 64.8 Å². The minimum absolute atomic E-state index is 0.147. The van der Waals surface area contributed by atoms with Crippen LogP contribution in [-0.2, 0) is 9.57 Å². The molecule has 4 rings (SSSR count). The molecule has 0 radical (unpaired) electrons. The largest absolute Gasteiger partial charge is 0.363 e. The molecule has 5 atom stereocenters. The van der Waals surface area contributed by atoms with E-state index < -0.39 is 0 Å². The van der Waals surface area contributed by atoms with Crippen LogP contribution in [0.5, 0.6) is 0 Å². The second kappa shape index (κ2) is 9.13. The van der Waals surface area contributed by atoms with E-state index in [-0.39, 0.29) is 18.3 Å². The van der Waals surface area contributed by atoms with Crippen LogP contribution in [0.25, 0.3) is 0 Å². The molecule has 0 amide bonds. The fourth-order valence-electron chi connectivity index (χ4n) is 4.87. The van der Waals surface area contributed by atoms with Crippen molar-refractivity contribution >= 4 is 5.71 Å². The first-order valence-corrected chi connectivity index (χ1v) is 11.1. The Bertz CT molecular complexity index is 802. The lowest BCUT2D eigenvalue weighted by Crippen LogP contribution is -2.40. The average Bonchev–Trinajstić information content (AvgIpc) is 2.75. The summed E-state index contributed by atoms with van der Waals surface area (Å²) in [5.41, 5.74) is 3.38. The van der Waals surface area contributed by atoms with Crippen LogP contribution in [0.15, 0.2) is 65.8 Å². The van der Waals surface area contributed by atoms with Crippen LogP contribution in [-0.4, -0.2) is 18.1 Å². The quantitative estimate of drug-likeness (QED) is 0.590. The summed E-state index contributed by atoms with van der Waals surface area (Å²) >= 11 is 0.